The van der Waals surface area contributed by atoms with Crippen LogP contribution in [0.4, 0.5) is 0 Å². The molecule has 0 radical (unpaired) electrons. The molecule has 0 amide bonds. The molecule has 1 saturated heterocycles. The second-order valence-electron chi connectivity index (χ2n) is 5.34. The molecule has 6 nitrogen and oxygen atoms in total. The lowest BCUT2D eigenvalue weighted by atomic mass is 10.0. The number of likely N-dealkylation sites (tertiary alicyclic amines) is 1. The number of aliphatic carboxylic acids is 1. The largest absolute Gasteiger partial charge is 0.480 e. The molecule has 1 fully saturated rings. The first kappa shape index (κ1) is 15.9. The van der Waals surface area contributed by atoms with Crippen LogP contribution >= 0.6 is 0 Å². The third-order valence-corrected chi connectivity index (χ3v) is 4.37. The standard InChI is InChI=1S/C14H19NO5S/c16-14(17)13(15-7-1-2-8-15)9-11-3-5-12(6-4-11)10-21(18,19)20/h3-6,13H,1-2,7-10H2,(H,16,17)(H,18,19,20)/t13-/m0/s1. The number of hydrogen-bond donors (Lipinski definition) is 2. The summed E-state index contributed by atoms with van der Waals surface area (Å²) in [7, 11) is -4.04. The molecule has 2 N–H and O–H groups in total. The fraction of sp³-hybridized carbons (Fsp3) is 0.500. The average Bonchev–Trinajstić information content (AvgIpc) is 2.89. The van der Waals surface area contributed by atoms with Gasteiger partial charge in [0.05, 0.1) is 0 Å². The third kappa shape index (κ3) is 4.80. The Hall–Kier alpha value is -1.44. The fourth-order valence-electron chi connectivity index (χ4n) is 2.63. The van der Waals surface area contributed by atoms with Crippen LogP contribution in [0.5, 0.6) is 0 Å². The summed E-state index contributed by atoms with van der Waals surface area (Å²) in [5.74, 6) is -1.26. The Morgan fingerprint density at radius 2 is 1.67 bits per heavy atom. The van der Waals surface area contributed by atoms with Gasteiger partial charge in [-0.2, -0.15) is 8.42 Å². The summed E-state index contributed by atoms with van der Waals surface area (Å²) >= 11 is 0. The van der Waals surface area contributed by atoms with Crippen LogP contribution in [0.15, 0.2) is 24.3 Å². The highest BCUT2D eigenvalue weighted by molar-refractivity contribution is 7.85. The number of carbonyl (C=O) groups is 1. The van der Waals surface area contributed by atoms with Gasteiger partial charge in [-0.25, -0.2) is 0 Å². The quantitative estimate of drug-likeness (QED) is 0.765. The molecular weight excluding hydrogens is 294 g/mol. The summed E-state index contributed by atoms with van der Waals surface area (Å²) in [5, 5.41) is 9.35. The van der Waals surface area contributed by atoms with E-state index in [4.69, 9.17) is 4.55 Å². The van der Waals surface area contributed by atoms with Crippen LogP contribution in [0.2, 0.25) is 0 Å². The lowest BCUT2D eigenvalue weighted by molar-refractivity contribution is -0.142. The van der Waals surface area contributed by atoms with Crippen molar-refractivity contribution in [2.45, 2.75) is 31.1 Å². The van der Waals surface area contributed by atoms with Crippen molar-refractivity contribution < 1.29 is 22.9 Å². The van der Waals surface area contributed by atoms with Gasteiger partial charge in [0.2, 0.25) is 0 Å². The van der Waals surface area contributed by atoms with E-state index in [1.54, 1.807) is 24.3 Å². The summed E-state index contributed by atoms with van der Waals surface area (Å²) in [6.45, 7) is 1.61. The van der Waals surface area contributed by atoms with Crippen molar-refractivity contribution in [1.82, 2.24) is 4.90 Å². The van der Waals surface area contributed by atoms with Crippen LogP contribution < -0.4 is 0 Å². The van der Waals surface area contributed by atoms with Crippen LogP contribution in [-0.4, -0.2) is 48.1 Å². The first-order valence-electron chi connectivity index (χ1n) is 6.85. The first-order valence-corrected chi connectivity index (χ1v) is 8.46. The van der Waals surface area contributed by atoms with Crippen molar-refractivity contribution in [3.63, 3.8) is 0 Å². The number of hydrogen-bond acceptors (Lipinski definition) is 4. The molecule has 1 heterocycles. The van der Waals surface area contributed by atoms with Crippen molar-refractivity contribution in [2.75, 3.05) is 13.1 Å². The Balaban J connectivity index is 2.05. The summed E-state index contributed by atoms with van der Waals surface area (Å²) < 4.78 is 30.4. The van der Waals surface area contributed by atoms with Crippen molar-refractivity contribution in [1.29, 1.82) is 0 Å². The number of carboxylic acid groups (broad SMARTS) is 1. The molecule has 0 bridgehead atoms. The number of rotatable bonds is 6. The summed E-state index contributed by atoms with van der Waals surface area (Å²) in [6, 6.07) is 6.09. The monoisotopic (exact) mass is 313 g/mol. The Morgan fingerprint density at radius 3 is 2.14 bits per heavy atom. The number of carboxylic acids is 1. The van der Waals surface area contributed by atoms with Crippen molar-refractivity contribution in [3.8, 4) is 0 Å². The van der Waals surface area contributed by atoms with Gasteiger partial charge in [-0.3, -0.25) is 14.2 Å². The second-order valence-corrected chi connectivity index (χ2v) is 6.80. The van der Waals surface area contributed by atoms with E-state index in [2.05, 4.69) is 0 Å². The van der Waals surface area contributed by atoms with E-state index in [9.17, 15) is 18.3 Å². The number of nitrogens with zero attached hydrogens (tertiary/aromatic N) is 1. The van der Waals surface area contributed by atoms with Gasteiger partial charge >= 0.3 is 5.97 Å². The lowest BCUT2D eigenvalue weighted by Gasteiger charge is -2.23. The topological polar surface area (TPSA) is 94.9 Å². The molecule has 1 atom stereocenters. The van der Waals surface area contributed by atoms with Crippen LogP contribution in [0.25, 0.3) is 0 Å². The van der Waals surface area contributed by atoms with Crippen molar-refractivity contribution in [2.24, 2.45) is 0 Å². The minimum Gasteiger partial charge on any atom is -0.480 e. The average molecular weight is 313 g/mol. The molecule has 0 unspecified atom stereocenters. The molecule has 1 aliphatic heterocycles. The van der Waals surface area contributed by atoms with Gasteiger partial charge in [-0.05, 0) is 43.5 Å². The Labute approximate surface area is 124 Å². The predicted octanol–water partition coefficient (Wildman–Crippen LogP) is 1.17. The normalized spacial score (nSPS) is 17.8. The van der Waals surface area contributed by atoms with E-state index in [0.29, 0.717) is 12.0 Å². The molecule has 21 heavy (non-hydrogen) atoms. The molecule has 0 spiro atoms. The molecular formula is C14H19NO5S. The predicted molar refractivity (Wildman–Crippen MR) is 77.6 cm³/mol. The highest BCUT2D eigenvalue weighted by Gasteiger charge is 2.27. The van der Waals surface area contributed by atoms with Crippen molar-refractivity contribution >= 4 is 16.1 Å². The van der Waals surface area contributed by atoms with Gasteiger partial charge in [-0.1, -0.05) is 24.3 Å². The summed E-state index contributed by atoms with van der Waals surface area (Å²) in [5.41, 5.74) is 1.32. The van der Waals surface area contributed by atoms with E-state index in [1.165, 1.54) is 0 Å². The van der Waals surface area contributed by atoms with Crippen LogP contribution in [-0.2, 0) is 27.1 Å². The van der Waals surface area contributed by atoms with Gasteiger partial charge in [0, 0.05) is 0 Å². The second kappa shape index (κ2) is 6.55. The zero-order chi connectivity index (χ0) is 15.5. The minimum atomic E-state index is -4.04. The Morgan fingerprint density at radius 1 is 1.14 bits per heavy atom. The SMILES string of the molecule is O=C(O)[C@H](Cc1ccc(CS(=O)(=O)O)cc1)N1CCCC1. The molecule has 1 aliphatic rings. The molecule has 1 aromatic rings. The summed E-state index contributed by atoms with van der Waals surface area (Å²) in [6.07, 6.45) is 2.44. The number of benzene rings is 1. The molecule has 2 rings (SSSR count). The molecule has 0 saturated carbocycles. The van der Waals surface area contributed by atoms with E-state index in [-0.39, 0.29) is 0 Å². The van der Waals surface area contributed by atoms with Gasteiger partial charge in [-0.15, -0.1) is 0 Å². The maximum Gasteiger partial charge on any atom is 0.321 e. The molecule has 116 valence electrons. The smallest absolute Gasteiger partial charge is 0.321 e. The Kier molecular flexibility index (Phi) is 4.97. The molecule has 0 aromatic heterocycles. The first-order chi connectivity index (χ1) is 9.85. The van der Waals surface area contributed by atoms with Gasteiger partial charge in [0.25, 0.3) is 10.1 Å². The zero-order valence-corrected chi connectivity index (χ0v) is 12.4. The van der Waals surface area contributed by atoms with Gasteiger partial charge in [0.1, 0.15) is 11.8 Å². The van der Waals surface area contributed by atoms with Gasteiger partial charge in [0.15, 0.2) is 0 Å². The van der Waals surface area contributed by atoms with E-state index < -0.39 is 27.9 Å². The minimum absolute atomic E-state index is 0.390. The highest BCUT2D eigenvalue weighted by Crippen LogP contribution is 2.17. The molecule has 1 aromatic carbocycles. The van der Waals surface area contributed by atoms with E-state index in [0.717, 1.165) is 31.5 Å². The molecule has 0 aliphatic carbocycles. The Bertz CT molecular complexity index is 590. The van der Waals surface area contributed by atoms with E-state index >= 15 is 0 Å². The lowest BCUT2D eigenvalue weighted by Crippen LogP contribution is -2.40. The van der Waals surface area contributed by atoms with E-state index in [1.807, 2.05) is 4.90 Å². The van der Waals surface area contributed by atoms with Gasteiger partial charge < -0.3 is 5.11 Å². The summed E-state index contributed by atoms with van der Waals surface area (Å²) in [4.78, 5) is 13.4. The fourth-order valence-corrected chi connectivity index (χ4v) is 3.24. The third-order valence-electron chi connectivity index (χ3n) is 3.67. The maximum atomic E-state index is 11.4. The van der Waals surface area contributed by atoms with Crippen LogP contribution in [0.3, 0.4) is 0 Å². The highest BCUT2D eigenvalue weighted by atomic mass is 32.2. The van der Waals surface area contributed by atoms with Crippen LogP contribution in [0, 0.1) is 0 Å². The zero-order valence-electron chi connectivity index (χ0n) is 11.6. The van der Waals surface area contributed by atoms with Crippen LogP contribution in [0.1, 0.15) is 24.0 Å². The maximum absolute atomic E-state index is 11.4. The molecule has 7 heteroatoms. The van der Waals surface area contributed by atoms with Crippen molar-refractivity contribution in [3.05, 3.63) is 35.4 Å².